The van der Waals surface area contributed by atoms with E-state index in [0.29, 0.717) is 52.5 Å². The van der Waals surface area contributed by atoms with E-state index in [1.54, 1.807) is 6.92 Å². The van der Waals surface area contributed by atoms with E-state index in [9.17, 15) is 4.79 Å². The number of ketones is 1. The Morgan fingerprint density at radius 2 is 0.938 bits per heavy atom. The quantitative estimate of drug-likeness (QED) is 0.0712. The molecule has 0 amide bonds. The van der Waals surface area contributed by atoms with Crippen molar-refractivity contribution in [2.75, 3.05) is 6.61 Å². The summed E-state index contributed by atoms with van der Waals surface area (Å²) in [5.41, 5.74) is 11.0. The highest BCUT2D eigenvalue weighted by atomic mass is 32.2. The van der Waals surface area contributed by atoms with Crippen LogP contribution in [-0.2, 0) is 69.6 Å². The van der Waals surface area contributed by atoms with Gasteiger partial charge in [0.25, 0.3) is 0 Å². The molecule has 0 bridgehead atoms. The molecule has 6 nitrogen and oxygen atoms in total. The predicted molar refractivity (Wildman–Crippen MR) is 261 cm³/mol. The monoisotopic (exact) mass is 882 g/mol. The summed E-state index contributed by atoms with van der Waals surface area (Å²) in [7, 11) is 0. The average Bonchev–Trinajstić information content (AvgIpc) is 3.34. The summed E-state index contributed by atoms with van der Waals surface area (Å²) in [4.78, 5) is 11.9. The van der Waals surface area contributed by atoms with E-state index in [1.807, 2.05) is 90.6 Å². The average molecular weight is 883 g/mol. The van der Waals surface area contributed by atoms with Gasteiger partial charge in [-0.3, -0.25) is 4.79 Å². The van der Waals surface area contributed by atoms with Gasteiger partial charge in [-0.15, -0.1) is 11.8 Å². The molecule has 7 heteroatoms. The van der Waals surface area contributed by atoms with Crippen molar-refractivity contribution in [1.82, 2.24) is 0 Å². The van der Waals surface area contributed by atoms with Gasteiger partial charge in [-0.1, -0.05) is 182 Å². The fraction of sp³-hybridized carbons (Fsp3) is 0.259. The van der Waals surface area contributed by atoms with Crippen LogP contribution in [0.3, 0.4) is 0 Å². The molecule has 8 rings (SSSR count). The lowest BCUT2D eigenvalue weighted by Gasteiger charge is -2.46. The van der Waals surface area contributed by atoms with Gasteiger partial charge < -0.3 is 23.7 Å². The van der Waals surface area contributed by atoms with Gasteiger partial charge in [-0.25, -0.2) is 0 Å². The van der Waals surface area contributed by atoms with Crippen LogP contribution in [0.5, 0.6) is 5.75 Å². The van der Waals surface area contributed by atoms with E-state index in [-0.39, 0.29) is 16.3 Å². The lowest BCUT2D eigenvalue weighted by molar-refractivity contribution is -0.160. The van der Waals surface area contributed by atoms with Gasteiger partial charge in [-0.05, 0) is 76.4 Å². The summed E-state index contributed by atoms with van der Waals surface area (Å²) in [6, 6.07) is 64.6. The SMILES string of the molecule is CC(=O)Cc1ccc(Cc2cc([C@@H]3S[C@H](COCc4ccccc4)[C@@H](OCc4ccccc4)[C@H](OCc4ccccc4)[C@H]3OCc3ccccc3)c(OCc3ccccc3)cc2C)cc1. The van der Waals surface area contributed by atoms with E-state index < -0.39 is 18.3 Å². The molecule has 332 valence electrons. The van der Waals surface area contributed by atoms with Crippen molar-refractivity contribution in [2.24, 2.45) is 0 Å². The van der Waals surface area contributed by atoms with Crippen LogP contribution < -0.4 is 4.74 Å². The fourth-order valence-corrected chi connectivity index (χ4v) is 10.00. The topological polar surface area (TPSA) is 63.2 Å². The van der Waals surface area contributed by atoms with Crippen molar-refractivity contribution >= 4 is 17.5 Å². The van der Waals surface area contributed by atoms with E-state index in [0.717, 1.165) is 50.3 Å². The molecule has 0 N–H and O–H groups in total. The number of rotatable bonds is 21. The molecular weight excluding hydrogens is 825 g/mol. The van der Waals surface area contributed by atoms with Crippen LogP contribution in [0.25, 0.3) is 0 Å². The molecule has 0 unspecified atom stereocenters. The third-order valence-corrected chi connectivity index (χ3v) is 13.3. The molecule has 1 saturated heterocycles. The zero-order valence-corrected chi connectivity index (χ0v) is 38.1. The third kappa shape index (κ3) is 13.2. The molecule has 0 spiro atoms. The summed E-state index contributed by atoms with van der Waals surface area (Å²) in [5, 5.41) is -0.394. The molecule has 0 aliphatic carbocycles. The van der Waals surface area contributed by atoms with Crippen molar-refractivity contribution in [1.29, 1.82) is 0 Å². The molecule has 0 saturated carbocycles. The minimum absolute atomic E-state index is 0.148. The Kier molecular flexibility index (Phi) is 16.5. The first-order valence-corrected chi connectivity index (χ1v) is 23.5. The number of ether oxygens (including phenoxy) is 5. The maximum Gasteiger partial charge on any atom is 0.134 e. The lowest BCUT2D eigenvalue weighted by atomic mass is 9.91. The Balaban J connectivity index is 1.22. The number of hydrogen-bond acceptors (Lipinski definition) is 7. The van der Waals surface area contributed by atoms with E-state index >= 15 is 0 Å². The van der Waals surface area contributed by atoms with E-state index in [1.165, 1.54) is 11.1 Å². The van der Waals surface area contributed by atoms with Crippen LogP contribution in [0.1, 0.15) is 67.8 Å². The highest BCUT2D eigenvalue weighted by Crippen LogP contribution is 2.50. The maximum absolute atomic E-state index is 11.9. The summed E-state index contributed by atoms with van der Waals surface area (Å²) < 4.78 is 35.1. The number of Topliss-reactive ketones (excluding diaryl/α,β-unsaturated/α-hetero) is 1. The molecule has 65 heavy (non-hydrogen) atoms. The van der Waals surface area contributed by atoms with Crippen LogP contribution >= 0.6 is 11.8 Å². The molecule has 1 aliphatic rings. The molecular formula is C58H58O6S. The van der Waals surface area contributed by atoms with Crippen molar-refractivity contribution in [2.45, 2.75) is 88.5 Å². The first-order valence-electron chi connectivity index (χ1n) is 22.6. The Morgan fingerprint density at radius 3 is 1.45 bits per heavy atom. The van der Waals surface area contributed by atoms with Gasteiger partial charge in [0.15, 0.2) is 0 Å². The molecule has 0 aromatic heterocycles. The highest BCUT2D eigenvalue weighted by Gasteiger charge is 2.49. The first-order chi connectivity index (χ1) is 31.9. The molecule has 7 aromatic carbocycles. The molecule has 7 aromatic rings. The predicted octanol–water partition coefficient (Wildman–Crippen LogP) is 12.4. The van der Waals surface area contributed by atoms with Gasteiger partial charge in [0.1, 0.15) is 36.5 Å². The summed E-state index contributed by atoms with van der Waals surface area (Å²) in [6.07, 6.45) is -0.218. The van der Waals surface area contributed by atoms with E-state index in [2.05, 4.69) is 116 Å². The minimum Gasteiger partial charge on any atom is -0.489 e. The van der Waals surface area contributed by atoms with Crippen LogP contribution in [0, 0.1) is 6.92 Å². The van der Waals surface area contributed by atoms with Crippen molar-refractivity contribution in [3.05, 3.63) is 244 Å². The number of carbonyl (C=O) groups excluding carboxylic acids is 1. The Bertz CT molecular complexity index is 2500. The van der Waals surface area contributed by atoms with Gasteiger partial charge in [-0.2, -0.15) is 0 Å². The van der Waals surface area contributed by atoms with Gasteiger partial charge in [0.2, 0.25) is 0 Å². The smallest absolute Gasteiger partial charge is 0.134 e. The zero-order chi connectivity index (χ0) is 44.6. The normalized spacial score (nSPS) is 18.3. The summed E-state index contributed by atoms with van der Waals surface area (Å²) in [6.45, 7) is 6.29. The van der Waals surface area contributed by atoms with E-state index in [4.69, 9.17) is 23.7 Å². The minimum atomic E-state index is -0.500. The largest absolute Gasteiger partial charge is 0.489 e. The molecule has 1 heterocycles. The number of carbonyl (C=O) groups is 1. The van der Waals surface area contributed by atoms with Gasteiger partial charge in [0, 0.05) is 12.0 Å². The van der Waals surface area contributed by atoms with Crippen LogP contribution in [0.15, 0.2) is 188 Å². The second kappa shape index (κ2) is 23.4. The first kappa shape index (κ1) is 45.8. The van der Waals surface area contributed by atoms with Crippen LogP contribution in [0.4, 0.5) is 0 Å². The number of aryl methyl sites for hydroxylation is 1. The number of benzene rings is 7. The standard InChI is InChI=1S/C58H58O6S/c1-42-32-53(61-37-47-20-10-4-11-21-47)52(35-51(42)34-45-30-28-44(29-31-45)33-43(2)59)58-57(64-40-50-26-16-7-17-27-50)56(63-39-49-24-14-6-15-25-49)55(62-38-48-22-12-5-13-23-48)54(65-58)41-60-36-46-18-8-3-9-19-46/h3-32,35,54-58H,33-34,36-41H2,1-2H3/t54-,55-,56+,57-,58+/m1/s1. The van der Waals surface area contributed by atoms with Crippen LogP contribution in [0.2, 0.25) is 0 Å². The maximum atomic E-state index is 11.9. The Morgan fingerprint density at radius 1 is 0.492 bits per heavy atom. The van der Waals surface area contributed by atoms with Crippen molar-refractivity contribution < 1.29 is 28.5 Å². The molecule has 1 fully saturated rings. The Labute approximate surface area is 388 Å². The lowest BCUT2D eigenvalue weighted by Crippen LogP contribution is -2.54. The molecule has 0 radical (unpaired) electrons. The Hall–Kier alpha value is -5.80. The highest BCUT2D eigenvalue weighted by molar-refractivity contribution is 8.00. The summed E-state index contributed by atoms with van der Waals surface area (Å²) in [5.74, 6) is 0.966. The van der Waals surface area contributed by atoms with Crippen molar-refractivity contribution in [3.8, 4) is 5.75 Å². The second-order valence-electron chi connectivity index (χ2n) is 16.8. The summed E-state index contributed by atoms with van der Waals surface area (Å²) >= 11 is 1.83. The third-order valence-electron chi connectivity index (χ3n) is 11.8. The second-order valence-corrected chi connectivity index (χ2v) is 18.2. The molecule has 1 aliphatic heterocycles. The van der Waals surface area contributed by atoms with Gasteiger partial charge >= 0.3 is 0 Å². The zero-order valence-electron chi connectivity index (χ0n) is 37.3. The van der Waals surface area contributed by atoms with Crippen LogP contribution in [-0.4, -0.2) is 36.0 Å². The number of thioether (sulfide) groups is 1. The molecule has 5 atom stereocenters. The van der Waals surface area contributed by atoms with Crippen molar-refractivity contribution in [3.63, 3.8) is 0 Å². The number of hydrogen-bond donors (Lipinski definition) is 0. The fourth-order valence-electron chi connectivity index (χ4n) is 8.34. The van der Waals surface area contributed by atoms with Gasteiger partial charge in [0.05, 0.1) is 43.5 Å².